The minimum absolute atomic E-state index is 0.243. The van der Waals surface area contributed by atoms with Gasteiger partial charge >= 0.3 is 0 Å². The van der Waals surface area contributed by atoms with Crippen molar-refractivity contribution in [3.63, 3.8) is 0 Å². The van der Waals surface area contributed by atoms with Crippen molar-refractivity contribution < 1.29 is 0 Å². The summed E-state index contributed by atoms with van der Waals surface area (Å²) in [5, 5.41) is 2.09. The molecule has 0 saturated carbocycles. The molecule has 0 aliphatic carbocycles. The van der Waals surface area contributed by atoms with E-state index in [4.69, 9.17) is 5.73 Å². The van der Waals surface area contributed by atoms with Gasteiger partial charge in [0.25, 0.3) is 0 Å². The van der Waals surface area contributed by atoms with Crippen molar-refractivity contribution in [3.05, 3.63) is 52.0 Å². The lowest BCUT2D eigenvalue weighted by Gasteiger charge is -2.27. The molecule has 0 amide bonds. The summed E-state index contributed by atoms with van der Waals surface area (Å²) in [5.41, 5.74) is 11.5. The molecular formula is C14H19N3S. The zero-order chi connectivity index (χ0) is 13.0. The van der Waals surface area contributed by atoms with Gasteiger partial charge in [0.05, 0.1) is 11.2 Å². The van der Waals surface area contributed by atoms with E-state index in [1.54, 1.807) is 11.3 Å². The second kappa shape index (κ2) is 6.09. The van der Waals surface area contributed by atoms with Gasteiger partial charge in [-0.3, -0.25) is 4.90 Å². The first-order valence-corrected chi connectivity index (χ1v) is 6.99. The molecule has 1 heterocycles. The monoisotopic (exact) mass is 261 g/mol. The summed E-state index contributed by atoms with van der Waals surface area (Å²) in [6.45, 7) is 3.58. The van der Waals surface area contributed by atoms with Crippen molar-refractivity contribution >= 4 is 11.3 Å². The number of likely N-dealkylation sites (N-methyl/N-ethyl adjacent to an activating group) is 1. The quantitative estimate of drug-likeness (QED) is 0.899. The van der Waals surface area contributed by atoms with Gasteiger partial charge in [0.2, 0.25) is 0 Å². The minimum Gasteiger partial charge on any atom is -0.329 e. The summed E-state index contributed by atoms with van der Waals surface area (Å²) in [6.07, 6.45) is 0. The van der Waals surface area contributed by atoms with Crippen LogP contribution in [0.15, 0.2) is 35.2 Å². The van der Waals surface area contributed by atoms with E-state index in [9.17, 15) is 0 Å². The number of nitrogens with zero attached hydrogens (tertiary/aromatic N) is 2. The molecule has 2 aromatic rings. The molecule has 1 aromatic heterocycles. The van der Waals surface area contributed by atoms with Gasteiger partial charge in [-0.05, 0) is 25.1 Å². The fraction of sp³-hybridized carbons (Fsp3) is 0.357. The second-order valence-electron chi connectivity index (χ2n) is 4.50. The highest BCUT2D eigenvalue weighted by molar-refractivity contribution is 7.07. The van der Waals surface area contributed by atoms with E-state index in [1.807, 2.05) is 5.51 Å². The molecule has 1 atom stereocenters. The van der Waals surface area contributed by atoms with Crippen LogP contribution < -0.4 is 5.73 Å². The molecule has 0 radical (unpaired) electrons. The van der Waals surface area contributed by atoms with E-state index in [1.165, 1.54) is 11.1 Å². The maximum Gasteiger partial charge on any atom is 0.0795 e. The number of hydrogen-bond acceptors (Lipinski definition) is 4. The van der Waals surface area contributed by atoms with Crippen molar-refractivity contribution in [2.75, 3.05) is 13.6 Å². The number of aryl methyl sites for hydroxylation is 1. The third kappa shape index (κ3) is 2.96. The van der Waals surface area contributed by atoms with Crippen LogP contribution in [0.25, 0.3) is 0 Å². The van der Waals surface area contributed by atoms with E-state index < -0.39 is 0 Å². The molecule has 2 rings (SSSR count). The van der Waals surface area contributed by atoms with Gasteiger partial charge in [0.1, 0.15) is 0 Å². The second-order valence-corrected chi connectivity index (χ2v) is 5.22. The van der Waals surface area contributed by atoms with Gasteiger partial charge in [-0.2, -0.15) is 0 Å². The fourth-order valence-corrected chi connectivity index (χ4v) is 2.74. The lowest BCUT2D eigenvalue weighted by molar-refractivity contribution is 0.239. The summed E-state index contributed by atoms with van der Waals surface area (Å²) < 4.78 is 0. The van der Waals surface area contributed by atoms with Crippen molar-refractivity contribution in [3.8, 4) is 0 Å². The Morgan fingerprint density at radius 3 is 2.78 bits per heavy atom. The molecule has 0 saturated heterocycles. The molecule has 0 fully saturated rings. The smallest absolute Gasteiger partial charge is 0.0795 e. The molecule has 96 valence electrons. The highest BCUT2D eigenvalue weighted by Crippen LogP contribution is 2.23. The lowest BCUT2D eigenvalue weighted by Crippen LogP contribution is -2.30. The van der Waals surface area contributed by atoms with Crippen LogP contribution in [-0.2, 0) is 6.54 Å². The number of hydrogen-bond donors (Lipinski definition) is 1. The van der Waals surface area contributed by atoms with E-state index in [0.717, 1.165) is 12.2 Å². The van der Waals surface area contributed by atoms with Crippen LogP contribution in [0.2, 0.25) is 0 Å². The molecule has 0 bridgehead atoms. The maximum atomic E-state index is 5.94. The number of nitrogens with two attached hydrogens (primary N) is 1. The van der Waals surface area contributed by atoms with Crippen LogP contribution >= 0.6 is 11.3 Å². The van der Waals surface area contributed by atoms with E-state index in [2.05, 4.69) is 53.5 Å². The van der Waals surface area contributed by atoms with Crippen LogP contribution in [0.4, 0.5) is 0 Å². The predicted molar refractivity (Wildman–Crippen MR) is 76.6 cm³/mol. The number of benzene rings is 1. The molecule has 0 spiro atoms. The van der Waals surface area contributed by atoms with Gasteiger partial charge in [0, 0.05) is 24.5 Å². The van der Waals surface area contributed by atoms with E-state index >= 15 is 0 Å². The Kier molecular flexibility index (Phi) is 4.47. The van der Waals surface area contributed by atoms with Crippen LogP contribution in [-0.4, -0.2) is 23.5 Å². The van der Waals surface area contributed by atoms with Crippen molar-refractivity contribution in [1.29, 1.82) is 0 Å². The fourth-order valence-electron chi connectivity index (χ4n) is 2.19. The molecule has 4 heteroatoms. The Bertz CT molecular complexity index is 482. The van der Waals surface area contributed by atoms with Crippen LogP contribution in [0.5, 0.6) is 0 Å². The van der Waals surface area contributed by atoms with Gasteiger partial charge in [0.15, 0.2) is 0 Å². The van der Waals surface area contributed by atoms with Gasteiger partial charge in [-0.25, -0.2) is 4.98 Å². The summed E-state index contributed by atoms with van der Waals surface area (Å²) in [4.78, 5) is 6.59. The van der Waals surface area contributed by atoms with Gasteiger partial charge < -0.3 is 5.73 Å². The topological polar surface area (TPSA) is 42.1 Å². The average molecular weight is 261 g/mol. The first kappa shape index (κ1) is 13.2. The standard InChI is InChI=1S/C14H19N3S/c1-11-5-3-4-6-13(11)14(7-15)17(2)8-12-9-18-10-16-12/h3-6,9-10,14H,7-8,15H2,1-2H3. The Hall–Kier alpha value is -1.23. The Balaban J connectivity index is 2.16. The van der Waals surface area contributed by atoms with Gasteiger partial charge in [-0.15, -0.1) is 11.3 Å². The van der Waals surface area contributed by atoms with Crippen molar-refractivity contribution in [1.82, 2.24) is 9.88 Å². The molecule has 0 aliphatic rings. The molecule has 18 heavy (non-hydrogen) atoms. The Morgan fingerprint density at radius 2 is 2.17 bits per heavy atom. The van der Waals surface area contributed by atoms with Gasteiger partial charge in [-0.1, -0.05) is 24.3 Å². The number of rotatable bonds is 5. The normalized spacial score (nSPS) is 12.9. The van der Waals surface area contributed by atoms with Crippen LogP contribution in [0, 0.1) is 6.92 Å². The van der Waals surface area contributed by atoms with E-state index in [0.29, 0.717) is 6.54 Å². The SMILES string of the molecule is Cc1ccccc1C(CN)N(C)Cc1cscn1. The first-order valence-electron chi connectivity index (χ1n) is 6.05. The molecular weight excluding hydrogens is 242 g/mol. The third-order valence-corrected chi connectivity index (χ3v) is 3.83. The first-order chi connectivity index (χ1) is 8.72. The zero-order valence-corrected chi connectivity index (χ0v) is 11.7. The summed E-state index contributed by atoms with van der Waals surface area (Å²) in [5.74, 6) is 0. The number of aromatic nitrogens is 1. The maximum absolute atomic E-state index is 5.94. The summed E-state index contributed by atoms with van der Waals surface area (Å²) in [7, 11) is 2.10. The lowest BCUT2D eigenvalue weighted by atomic mass is 10.0. The van der Waals surface area contributed by atoms with Crippen molar-refractivity contribution in [2.45, 2.75) is 19.5 Å². The largest absolute Gasteiger partial charge is 0.329 e. The predicted octanol–water partition coefficient (Wildman–Crippen LogP) is 2.58. The highest BCUT2D eigenvalue weighted by atomic mass is 32.1. The number of thiazole rings is 1. The third-order valence-electron chi connectivity index (χ3n) is 3.20. The summed E-state index contributed by atoms with van der Waals surface area (Å²) in [6, 6.07) is 8.67. The minimum atomic E-state index is 0.243. The zero-order valence-electron chi connectivity index (χ0n) is 10.8. The van der Waals surface area contributed by atoms with Crippen LogP contribution in [0.1, 0.15) is 22.9 Å². The Labute approximate surface area is 112 Å². The van der Waals surface area contributed by atoms with E-state index in [-0.39, 0.29) is 6.04 Å². The molecule has 2 N–H and O–H groups in total. The molecule has 0 aliphatic heterocycles. The molecule has 3 nitrogen and oxygen atoms in total. The Morgan fingerprint density at radius 1 is 1.39 bits per heavy atom. The average Bonchev–Trinajstić information content (AvgIpc) is 2.85. The summed E-state index contributed by atoms with van der Waals surface area (Å²) >= 11 is 1.63. The molecule has 1 aromatic carbocycles. The van der Waals surface area contributed by atoms with Crippen molar-refractivity contribution in [2.24, 2.45) is 5.73 Å². The highest BCUT2D eigenvalue weighted by Gasteiger charge is 2.17. The molecule has 1 unspecified atom stereocenters. The van der Waals surface area contributed by atoms with Crippen LogP contribution in [0.3, 0.4) is 0 Å².